The first-order valence-electron chi connectivity index (χ1n) is 6.24. The molecule has 3 aliphatic rings. The van der Waals surface area contributed by atoms with Crippen LogP contribution in [0.2, 0.25) is 0 Å². The van der Waals surface area contributed by atoms with Crippen LogP contribution in [0.5, 0.6) is 0 Å². The molecule has 3 fully saturated rings. The Bertz CT molecular complexity index is 219. The second kappa shape index (κ2) is 3.72. The molecule has 1 spiro atoms. The SMILES string of the molecule is CCOC1C[C@H]2CC[C@@H](C1)C21OCCO1. The van der Waals surface area contributed by atoms with Crippen molar-refractivity contribution in [1.29, 1.82) is 0 Å². The largest absolute Gasteiger partial charge is 0.378 e. The summed E-state index contributed by atoms with van der Waals surface area (Å²) >= 11 is 0. The molecule has 0 radical (unpaired) electrons. The van der Waals surface area contributed by atoms with Crippen molar-refractivity contribution >= 4 is 0 Å². The zero-order valence-electron chi connectivity index (χ0n) is 9.41. The van der Waals surface area contributed by atoms with Crippen molar-refractivity contribution in [2.24, 2.45) is 11.8 Å². The molecule has 1 unspecified atom stereocenters. The molecule has 0 aromatic heterocycles. The monoisotopic (exact) mass is 212 g/mol. The van der Waals surface area contributed by atoms with Crippen LogP contribution in [0, 0.1) is 11.8 Å². The van der Waals surface area contributed by atoms with Crippen molar-refractivity contribution in [1.82, 2.24) is 0 Å². The first kappa shape index (κ1) is 10.1. The van der Waals surface area contributed by atoms with Crippen molar-refractivity contribution in [3.8, 4) is 0 Å². The lowest BCUT2D eigenvalue weighted by molar-refractivity contribution is -0.237. The van der Waals surface area contributed by atoms with Gasteiger partial charge in [-0.1, -0.05) is 0 Å². The van der Waals surface area contributed by atoms with Gasteiger partial charge in [-0.15, -0.1) is 0 Å². The van der Waals surface area contributed by atoms with E-state index in [9.17, 15) is 0 Å². The minimum absolute atomic E-state index is 0.201. The molecule has 0 N–H and O–H groups in total. The highest BCUT2D eigenvalue weighted by atomic mass is 16.7. The van der Waals surface area contributed by atoms with Crippen LogP contribution >= 0.6 is 0 Å². The average Bonchev–Trinajstić information content (AvgIpc) is 2.76. The van der Waals surface area contributed by atoms with E-state index in [1.54, 1.807) is 0 Å². The highest BCUT2D eigenvalue weighted by Gasteiger charge is 2.58. The van der Waals surface area contributed by atoms with E-state index in [2.05, 4.69) is 6.92 Å². The maximum absolute atomic E-state index is 5.92. The minimum Gasteiger partial charge on any atom is -0.378 e. The maximum atomic E-state index is 5.92. The van der Waals surface area contributed by atoms with E-state index in [0.29, 0.717) is 17.9 Å². The van der Waals surface area contributed by atoms with Gasteiger partial charge in [0.05, 0.1) is 19.3 Å². The fourth-order valence-electron chi connectivity index (χ4n) is 3.72. The summed E-state index contributed by atoms with van der Waals surface area (Å²) in [5.41, 5.74) is 0. The summed E-state index contributed by atoms with van der Waals surface area (Å²) in [6, 6.07) is 0. The molecule has 2 aliphatic carbocycles. The second-order valence-corrected chi connectivity index (χ2v) is 4.94. The Morgan fingerprint density at radius 2 is 1.73 bits per heavy atom. The van der Waals surface area contributed by atoms with Gasteiger partial charge in [-0.3, -0.25) is 0 Å². The van der Waals surface area contributed by atoms with Crippen LogP contribution in [0.25, 0.3) is 0 Å². The van der Waals surface area contributed by atoms with Crippen LogP contribution in [-0.2, 0) is 14.2 Å². The standard InChI is InChI=1S/C12H20O3/c1-2-13-11-7-9-3-4-10(8-11)12(9)14-5-6-15-12/h9-11H,2-8H2,1H3/t9-,10+,11?. The van der Waals surface area contributed by atoms with Gasteiger partial charge in [0.25, 0.3) is 0 Å². The van der Waals surface area contributed by atoms with Gasteiger partial charge in [0, 0.05) is 18.4 Å². The molecule has 0 aromatic rings. The molecule has 3 rings (SSSR count). The van der Waals surface area contributed by atoms with Crippen LogP contribution < -0.4 is 0 Å². The van der Waals surface area contributed by atoms with Gasteiger partial charge in [0.1, 0.15) is 0 Å². The number of rotatable bonds is 2. The Morgan fingerprint density at radius 3 is 2.27 bits per heavy atom. The summed E-state index contributed by atoms with van der Waals surface area (Å²) in [5, 5.41) is 0. The van der Waals surface area contributed by atoms with Gasteiger partial charge < -0.3 is 14.2 Å². The molecule has 1 heterocycles. The molecule has 1 aliphatic heterocycles. The third-order valence-corrected chi connectivity index (χ3v) is 4.24. The lowest BCUT2D eigenvalue weighted by atomic mass is 9.81. The van der Waals surface area contributed by atoms with E-state index in [1.165, 1.54) is 12.8 Å². The predicted molar refractivity (Wildman–Crippen MR) is 55.5 cm³/mol. The zero-order chi connectivity index (χ0) is 10.3. The fourth-order valence-corrected chi connectivity index (χ4v) is 3.72. The van der Waals surface area contributed by atoms with Crippen LogP contribution in [0.1, 0.15) is 32.6 Å². The highest BCUT2D eigenvalue weighted by molar-refractivity contribution is 5.01. The Balaban J connectivity index is 1.75. The lowest BCUT2D eigenvalue weighted by Gasteiger charge is -2.41. The van der Waals surface area contributed by atoms with Crippen molar-refractivity contribution in [3.63, 3.8) is 0 Å². The smallest absolute Gasteiger partial charge is 0.174 e. The van der Waals surface area contributed by atoms with E-state index in [-0.39, 0.29) is 5.79 Å². The normalized spacial score (nSPS) is 42.6. The minimum atomic E-state index is -0.201. The van der Waals surface area contributed by atoms with E-state index < -0.39 is 0 Å². The number of ether oxygens (including phenoxy) is 3. The molecular formula is C12H20O3. The predicted octanol–water partition coefficient (Wildman–Crippen LogP) is 1.95. The van der Waals surface area contributed by atoms with Crippen LogP contribution in [0.4, 0.5) is 0 Å². The zero-order valence-corrected chi connectivity index (χ0v) is 9.41. The van der Waals surface area contributed by atoms with Crippen LogP contribution in [0.15, 0.2) is 0 Å². The molecule has 0 aromatic carbocycles. The third-order valence-electron chi connectivity index (χ3n) is 4.24. The molecule has 1 saturated heterocycles. The van der Waals surface area contributed by atoms with Crippen molar-refractivity contribution in [3.05, 3.63) is 0 Å². The first-order valence-corrected chi connectivity index (χ1v) is 6.24. The Labute approximate surface area is 91.1 Å². The van der Waals surface area contributed by atoms with Gasteiger partial charge in [-0.05, 0) is 32.6 Å². The summed E-state index contributed by atoms with van der Waals surface area (Å²) in [6.45, 7) is 4.48. The Kier molecular flexibility index (Phi) is 2.49. The van der Waals surface area contributed by atoms with Crippen molar-refractivity contribution in [2.75, 3.05) is 19.8 Å². The molecule has 3 heteroatoms. The summed E-state index contributed by atoms with van der Waals surface area (Å²) in [4.78, 5) is 0. The van der Waals surface area contributed by atoms with Crippen LogP contribution in [-0.4, -0.2) is 31.7 Å². The second-order valence-electron chi connectivity index (χ2n) is 4.94. The molecule has 2 bridgehead atoms. The van der Waals surface area contributed by atoms with E-state index in [0.717, 1.165) is 32.7 Å². The van der Waals surface area contributed by atoms with Crippen molar-refractivity contribution in [2.45, 2.75) is 44.5 Å². The van der Waals surface area contributed by atoms with Crippen LogP contribution in [0.3, 0.4) is 0 Å². The first-order chi connectivity index (χ1) is 7.35. The van der Waals surface area contributed by atoms with Gasteiger partial charge in [-0.2, -0.15) is 0 Å². The maximum Gasteiger partial charge on any atom is 0.174 e. The molecule has 0 amide bonds. The van der Waals surface area contributed by atoms with Gasteiger partial charge in [0.15, 0.2) is 5.79 Å². The van der Waals surface area contributed by atoms with Gasteiger partial charge in [-0.25, -0.2) is 0 Å². The fraction of sp³-hybridized carbons (Fsp3) is 1.00. The van der Waals surface area contributed by atoms with E-state index in [1.807, 2.05) is 0 Å². The topological polar surface area (TPSA) is 27.7 Å². The molecule has 3 atom stereocenters. The number of hydrogen-bond acceptors (Lipinski definition) is 3. The summed E-state index contributed by atoms with van der Waals surface area (Å²) < 4.78 is 17.6. The van der Waals surface area contributed by atoms with Crippen molar-refractivity contribution < 1.29 is 14.2 Å². The molecular weight excluding hydrogens is 192 g/mol. The lowest BCUT2D eigenvalue weighted by Crippen LogP contribution is -2.47. The summed E-state index contributed by atoms with van der Waals surface area (Å²) in [7, 11) is 0. The Hall–Kier alpha value is -0.120. The molecule has 15 heavy (non-hydrogen) atoms. The molecule has 2 saturated carbocycles. The third kappa shape index (κ3) is 1.44. The summed E-state index contributed by atoms with van der Waals surface area (Å²) in [5.74, 6) is 0.957. The Morgan fingerprint density at radius 1 is 1.13 bits per heavy atom. The molecule has 86 valence electrons. The van der Waals surface area contributed by atoms with Gasteiger partial charge in [0.2, 0.25) is 0 Å². The average molecular weight is 212 g/mol. The number of hydrogen-bond donors (Lipinski definition) is 0. The van der Waals surface area contributed by atoms with E-state index in [4.69, 9.17) is 14.2 Å². The van der Waals surface area contributed by atoms with Gasteiger partial charge >= 0.3 is 0 Å². The highest BCUT2D eigenvalue weighted by Crippen LogP contribution is 2.54. The van der Waals surface area contributed by atoms with E-state index >= 15 is 0 Å². The molecule has 3 nitrogen and oxygen atoms in total. The quantitative estimate of drug-likeness (QED) is 0.700. The summed E-state index contributed by atoms with van der Waals surface area (Å²) in [6.07, 6.45) is 5.22.